The normalized spacial score (nSPS) is 29.6. The second kappa shape index (κ2) is 5.97. The molecule has 1 aliphatic heterocycles. The van der Waals surface area contributed by atoms with E-state index in [9.17, 15) is 14.7 Å². The molecular weight excluding hydrogens is 378 g/mol. The fourth-order valence-corrected chi connectivity index (χ4v) is 6.70. The van der Waals surface area contributed by atoms with Crippen LogP contribution in [0.3, 0.4) is 0 Å². The number of carbonyl (C=O) groups is 1. The van der Waals surface area contributed by atoms with Crippen LogP contribution in [0.5, 0.6) is 5.75 Å². The van der Waals surface area contributed by atoms with Gasteiger partial charge in [-0.3, -0.25) is 9.59 Å². The number of nitrogens with two attached hydrogens (primary N) is 1. The van der Waals surface area contributed by atoms with E-state index >= 15 is 0 Å². The van der Waals surface area contributed by atoms with Crippen molar-refractivity contribution in [3.63, 3.8) is 0 Å². The summed E-state index contributed by atoms with van der Waals surface area (Å²) in [6.07, 6.45) is 6.23. The van der Waals surface area contributed by atoms with Gasteiger partial charge in [0.2, 0.25) is 0 Å². The number of aromatic nitrogens is 1. The molecule has 156 valence electrons. The van der Waals surface area contributed by atoms with Crippen LogP contribution in [0.2, 0.25) is 0 Å². The molecule has 1 amide bonds. The first kappa shape index (κ1) is 18.2. The molecule has 2 atom stereocenters. The van der Waals surface area contributed by atoms with Gasteiger partial charge in [0.1, 0.15) is 11.3 Å². The number of pyridine rings is 1. The van der Waals surface area contributed by atoms with E-state index < -0.39 is 11.5 Å². The molecule has 1 aromatic carbocycles. The molecule has 0 bridgehead atoms. The van der Waals surface area contributed by atoms with Crippen LogP contribution < -0.4 is 11.3 Å². The van der Waals surface area contributed by atoms with Crippen LogP contribution in [-0.4, -0.2) is 40.5 Å². The second-order valence-corrected chi connectivity index (χ2v) is 10.0. The highest BCUT2D eigenvalue weighted by atomic mass is 16.3. The van der Waals surface area contributed by atoms with E-state index in [1.165, 1.54) is 30.5 Å². The van der Waals surface area contributed by atoms with E-state index in [2.05, 4.69) is 16.0 Å². The van der Waals surface area contributed by atoms with Crippen molar-refractivity contribution in [2.45, 2.75) is 43.9 Å². The highest BCUT2D eigenvalue weighted by Gasteiger charge is 2.61. The summed E-state index contributed by atoms with van der Waals surface area (Å²) in [6, 6.07) is 7.55. The third-order valence-electron chi connectivity index (χ3n) is 8.24. The van der Waals surface area contributed by atoms with Crippen molar-refractivity contribution in [2.24, 2.45) is 17.1 Å². The summed E-state index contributed by atoms with van der Waals surface area (Å²) in [7, 11) is 0. The first-order valence-corrected chi connectivity index (χ1v) is 11.0. The molecule has 3 aliphatic carbocycles. The van der Waals surface area contributed by atoms with Gasteiger partial charge in [-0.05, 0) is 85.9 Å². The number of fused-ring (bicyclic) bond motifs is 2. The van der Waals surface area contributed by atoms with Crippen LogP contribution in [0, 0.1) is 11.3 Å². The van der Waals surface area contributed by atoms with Gasteiger partial charge >= 0.3 is 0 Å². The molecule has 0 spiro atoms. The van der Waals surface area contributed by atoms with Gasteiger partial charge in [0.25, 0.3) is 11.5 Å². The molecule has 6 heteroatoms. The van der Waals surface area contributed by atoms with E-state index in [-0.39, 0.29) is 16.4 Å². The van der Waals surface area contributed by atoms with Gasteiger partial charge in [-0.1, -0.05) is 6.07 Å². The maximum Gasteiger partial charge on any atom is 0.261 e. The predicted octanol–water partition coefficient (Wildman–Crippen LogP) is 1.87. The SMILES string of the molecule is NC(=O)c1cc2c([nH]c1=O)C[C@@]13CCN(CC4CC4)C[C@@]1(Cc1ccc(O)cc13)C2. The minimum atomic E-state index is -0.674. The number of carbonyl (C=O) groups excluding carboxylic acids is 1. The molecule has 1 saturated heterocycles. The Morgan fingerprint density at radius 3 is 2.77 bits per heavy atom. The van der Waals surface area contributed by atoms with Crippen molar-refractivity contribution in [3.05, 3.63) is 62.6 Å². The van der Waals surface area contributed by atoms with Crippen molar-refractivity contribution in [1.29, 1.82) is 0 Å². The average Bonchev–Trinajstić information content (AvgIpc) is 3.46. The van der Waals surface area contributed by atoms with Crippen LogP contribution in [0.4, 0.5) is 0 Å². The number of nitrogens with zero attached hydrogens (tertiary/aromatic N) is 1. The number of rotatable bonds is 3. The molecule has 30 heavy (non-hydrogen) atoms. The van der Waals surface area contributed by atoms with Crippen molar-refractivity contribution in [1.82, 2.24) is 9.88 Å². The maximum absolute atomic E-state index is 12.5. The highest BCUT2D eigenvalue weighted by Crippen LogP contribution is 2.62. The molecule has 6 rings (SSSR count). The number of primary amides is 1. The number of amides is 1. The number of hydrogen-bond donors (Lipinski definition) is 3. The molecule has 0 radical (unpaired) electrons. The topological polar surface area (TPSA) is 99.4 Å². The minimum absolute atomic E-state index is 0.0103. The Kier molecular flexibility index (Phi) is 3.62. The molecule has 2 fully saturated rings. The van der Waals surface area contributed by atoms with Gasteiger partial charge in [-0.15, -0.1) is 0 Å². The number of piperidine rings is 1. The van der Waals surface area contributed by atoms with Gasteiger partial charge < -0.3 is 20.7 Å². The van der Waals surface area contributed by atoms with E-state index in [4.69, 9.17) is 5.73 Å². The Labute approximate surface area is 175 Å². The van der Waals surface area contributed by atoms with Crippen molar-refractivity contribution in [2.75, 3.05) is 19.6 Å². The Hall–Kier alpha value is -2.60. The lowest BCUT2D eigenvalue weighted by atomic mass is 9.52. The molecular formula is C24H27N3O3. The van der Waals surface area contributed by atoms with Gasteiger partial charge in [0, 0.05) is 29.6 Å². The molecule has 1 aromatic heterocycles. The molecule has 4 aliphatic rings. The third kappa shape index (κ3) is 2.46. The van der Waals surface area contributed by atoms with Crippen molar-refractivity contribution >= 4 is 5.91 Å². The Morgan fingerprint density at radius 1 is 1.20 bits per heavy atom. The van der Waals surface area contributed by atoms with E-state index in [0.717, 1.165) is 55.9 Å². The van der Waals surface area contributed by atoms with Crippen LogP contribution >= 0.6 is 0 Å². The largest absolute Gasteiger partial charge is 0.508 e. The Morgan fingerprint density at radius 2 is 2.00 bits per heavy atom. The minimum Gasteiger partial charge on any atom is -0.508 e. The lowest BCUT2D eigenvalue weighted by Crippen LogP contribution is -2.60. The standard InChI is InChI=1S/C24H27N3O3/c25-21(29)18-7-16-10-23-9-15-3-4-17(28)8-19(15)24(23,11-20(16)26-22(18)30)5-6-27(13-23)12-14-1-2-14/h3-4,7-8,14,28H,1-2,5-6,9-13H2,(H2,25,29)(H,26,30)/t23-,24-/m1/s1. The third-order valence-corrected chi connectivity index (χ3v) is 8.24. The molecule has 2 aromatic rings. The zero-order chi connectivity index (χ0) is 20.7. The predicted molar refractivity (Wildman–Crippen MR) is 113 cm³/mol. The number of aromatic hydroxyl groups is 1. The smallest absolute Gasteiger partial charge is 0.261 e. The molecule has 2 heterocycles. The van der Waals surface area contributed by atoms with E-state index in [1.807, 2.05) is 6.07 Å². The van der Waals surface area contributed by atoms with Crippen LogP contribution in [0.1, 0.15) is 52.0 Å². The number of benzene rings is 1. The average molecular weight is 405 g/mol. The van der Waals surface area contributed by atoms with Crippen LogP contribution in [0.15, 0.2) is 29.1 Å². The summed E-state index contributed by atoms with van der Waals surface area (Å²) in [4.78, 5) is 29.8. The first-order valence-electron chi connectivity index (χ1n) is 11.0. The number of nitrogens with one attached hydrogen (secondary N) is 1. The molecule has 1 saturated carbocycles. The molecule has 4 N–H and O–H groups in total. The highest BCUT2D eigenvalue weighted by molar-refractivity contribution is 5.92. The fraction of sp³-hybridized carbons (Fsp3) is 0.500. The molecule has 0 unspecified atom stereocenters. The summed E-state index contributed by atoms with van der Waals surface area (Å²) in [5.41, 5.74) is 9.56. The molecule has 6 nitrogen and oxygen atoms in total. The quantitative estimate of drug-likeness (QED) is 0.726. The zero-order valence-electron chi connectivity index (χ0n) is 17.0. The van der Waals surface area contributed by atoms with Crippen molar-refractivity contribution in [3.8, 4) is 5.75 Å². The summed E-state index contributed by atoms with van der Waals surface area (Å²) in [5, 5.41) is 10.3. The Bertz CT molecular complexity index is 1140. The first-order chi connectivity index (χ1) is 14.4. The van der Waals surface area contributed by atoms with Gasteiger partial charge in [-0.2, -0.15) is 0 Å². The van der Waals surface area contributed by atoms with Gasteiger partial charge in [-0.25, -0.2) is 0 Å². The van der Waals surface area contributed by atoms with E-state index in [0.29, 0.717) is 5.75 Å². The summed E-state index contributed by atoms with van der Waals surface area (Å²) >= 11 is 0. The summed E-state index contributed by atoms with van der Waals surface area (Å²) < 4.78 is 0. The van der Waals surface area contributed by atoms with Gasteiger partial charge in [0.15, 0.2) is 0 Å². The monoisotopic (exact) mass is 405 g/mol. The van der Waals surface area contributed by atoms with Crippen LogP contribution in [0.25, 0.3) is 0 Å². The lowest BCUT2D eigenvalue weighted by molar-refractivity contribution is 0.00114. The lowest BCUT2D eigenvalue weighted by Gasteiger charge is -2.56. The van der Waals surface area contributed by atoms with E-state index in [1.54, 1.807) is 12.1 Å². The van der Waals surface area contributed by atoms with Crippen molar-refractivity contribution < 1.29 is 9.90 Å². The zero-order valence-corrected chi connectivity index (χ0v) is 17.0. The number of aromatic amines is 1. The number of phenolic OH excluding ortho intramolecular Hbond substituents is 1. The number of H-pyrrole nitrogens is 1. The summed E-state index contributed by atoms with van der Waals surface area (Å²) in [5.74, 6) is 0.477. The van der Waals surface area contributed by atoms with Crippen LogP contribution in [-0.2, 0) is 24.7 Å². The second-order valence-electron chi connectivity index (χ2n) is 10.0. The van der Waals surface area contributed by atoms with Gasteiger partial charge in [0.05, 0.1) is 0 Å². The maximum atomic E-state index is 12.5. The number of likely N-dealkylation sites (tertiary alicyclic amines) is 1. The number of hydrogen-bond acceptors (Lipinski definition) is 4. The Balaban J connectivity index is 1.50. The fourth-order valence-electron chi connectivity index (χ4n) is 6.70. The summed E-state index contributed by atoms with van der Waals surface area (Å²) in [6.45, 7) is 3.24. The number of phenols is 1.